The summed E-state index contributed by atoms with van der Waals surface area (Å²) in [7, 11) is 0. The zero-order valence-electron chi connectivity index (χ0n) is 13.4. The first kappa shape index (κ1) is 14.3. The summed E-state index contributed by atoms with van der Waals surface area (Å²) in [6.07, 6.45) is 7.28. The number of aromatic amines is 1. The summed E-state index contributed by atoms with van der Waals surface area (Å²) >= 11 is 0. The third-order valence-electron chi connectivity index (χ3n) is 4.85. The highest BCUT2D eigenvalue weighted by Crippen LogP contribution is 2.40. The fourth-order valence-corrected chi connectivity index (χ4v) is 3.49. The third-order valence-corrected chi connectivity index (χ3v) is 4.85. The minimum atomic E-state index is -0.251. The first-order chi connectivity index (χ1) is 12.2. The van der Waals surface area contributed by atoms with Crippen molar-refractivity contribution in [2.24, 2.45) is 5.41 Å². The Kier molecular flexibility index (Phi) is 3.01. The molecule has 2 saturated heterocycles. The van der Waals surface area contributed by atoms with Crippen molar-refractivity contribution >= 4 is 5.82 Å². The van der Waals surface area contributed by atoms with Gasteiger partial charge in [-0.05, 0) is 6.42 Å². The van der Waals surface area contributed by atoms with Gasteiger partial charge in [0.15, 0.2) is 11.5 Å². The van der Waals surface area contributed by atoms with Gasteiger partial charge in [0.2, 0.25) is 0 Å². The third kappa shape index (κ3) is 2.25. The quantitative estimate of drug-likeness (QED) is 0.701. The summed E-state index contributed by atoms with van der Waals surface area (Å²) in [4.78, 5) is 23.3. The maximum Gasteiger partial charge on any atom is 0.298 e. The highest BCUT2D eigenvalue weighted by atomic mass is 16.5. The molecule has 1 N–H and O–H groups in total. The van der Waals surface area contributed by atoms with Crippen molar-refractivity contribution in [1.82, 2.24) is 34.7 Å². The van der Waals surface area contributed by atoms with E-state index in [4.69, 9.17) is 4.74 Å². The molecule has 0 unspecified atom stereocenters. The van der Waals surface area contributed by atoms with Crippen LogP contribution < -0.4 is 10.5 Å². The van der Waals surface area contributed by atoms with Gasteiger partial charge < -0.3 is 9.64 Å². The van der Waals surface area contributed by atoms with Gasteiger partial charge in [0.1, 0.15) is 12.1 Å². The van der Waals surface area contributed by atoms with Crippen LogP contribution in [0.2, 0.25) is 0 Å². The van der Waals surface area contributed by atoms with E-state index in [0.717, 1.165) is 38.5 Å². The number of hydrogen-bond donors (Lipinski definition) is 1. The Hall–Kier alpha value is -3.01. The second kappa shape index (κ2) is 5.24. The van der Waals surface area contributed by atoms with Crippen LogP contribution >= 0.6 is 0 Å². The monoisotopic (exact) mass is 340 g/mol. The number of aromatic nitrogens is 7. The number of ether oxygens (including phenoxy) is 1. The summed E-state index contributed by atoms with van der Waals surface area (Å²) in [6.45, 7) is 3.51. The number of anilines is 1. The van der Waals surface area contributed by atoms with Gasteiger partial charge in [-0.1, -0.05) is 5.21 Å². The van der Waals surface area contributed by atoms with Crippen LogP contribution in [0.1, 0.15) is 6.42 Å². The van der Waals surface area contributed by atoms with Gasteiger partial charge in [0.25, 0.3) is 5.56 Å². The second-order valence-corrected chi connectivity index (χ2v) is 6.54. The Morgan fingerprint density at radius 3 is 2.88 bits per heavy atom. The topological polar surface area (TPSA) is 107 Å². The highest BCUT2D eigenvalue weighted by molar-refractivity contribution is 5.47. The van der Waals surface area contributed by atoms with Gasteiger partial charge in [0.05, 0.1) is 25.2 Å². The number of hydrogen-bond acceptors (Lipinski definition) is 7. The normalized spacial score (nSPS) is 18.6. The molecule has 0 radical (unpaired) electrons. The smallest absolute Gasteiger partial charge is 0.298 e. The van der Waals surface area contributed by atoms with Crippen LogP contribution in [-0.2, 0) is 4.74 Å². The largest absolute Gasteiger partial charge is 0.381 e. The molecule has 2 fully saturated rings. The van der Waals surface area contributed by atoms with E-state index in [-0.39, 0.29) is 11.0 Å². The molecular formula is C15H16N8O2. The molecule has 0 aliphatic carbocycles. The van der Waals surface area contributed by atoms with E-state index in [1.54, 1.807) is 12.4 Å². The van der Waals surface area contributed by atoms with Crippen molar-refractivity contribution in [3.8, 4) is 11.5 Å². The van der Waals surface area contributed by atoms with Crippen LogP contribution in [0.15, 0.2) is 35.8 Å². The fraction of sp³-hybridized carbons (Fsp3) is 0.400. The molecule has 1 spiro atoms. The van der Waals surface area contributed by atoms with Crippen molar-refractivity contribution < 1.29 is 4.74 Å². The molecule has 0 bridgehead atoms. The number of nitrogens with one attached hydrogen (secondary N) is 1. The number of H-pyrrole nitrogens is 1. The Balaban J connectivity index is 1.43. The molecular weight excluding hydrogens is 324 g/mol. The van der Waals surface area contributed by atoms with E-state index >= 15 is 0 Å². The van der Waals surface area contributed by atoms with Crippen LogP contribution in [0.4, 0.5) is 5.82 Å². The van der Waals surface area contributed by atoms with Gasteiger partial charge in [-0.15, -0.1) is 5.10 Å². The lowest BCUT2D eigenvalue weighted by Gasteiger charge is -2.47. The SMILES string of the molecule is O=c1c(-n2ccnn2)c[nH]n1-c1cc(N2CC3(CCOC3)C2)ncn1. The molecule has 5 rings (SSSR count). The Morgan fingerprint density at radius 1 is 1.24 bits per heavy atom. The maximum absolute atomic E-state index is 12.6. The second-order valence-electron chi connectivity index (χ2n) is 6.54. The molecule has 0 aromatic carbocycles. The fourth-order valence-electron chi connectivity index (χ4n) is 3.49. The van der Waals surface area contributed by atoms with Crippen LogP contribution in [0.25, 0.3) is 11.5 Å². The van der Waals surface area contributed by atoms with E-state index in [1.807, 2.05) is 6.07 Å². The zero-order valence-corrected chi connectivity index (χ0v) is 13.4. The van der Waals surface area contributed by atoms with E-state index in [2.05, 4.69) is 30.3 Å². The lowest BCUT2D eigenvalue weighted by Crippen LogP contribution is -2.57. The van der Waals surface area contributed by atoms with Gasteiger partial charge in [-0.3, -0.25) is 9.89 Å². The summed E-state index contributed by atoms with van der Waals surface area (Å²) in [6, 6.07) is 1.81. The average molecular weight is 340 g/mol. The van der Waals surface area contributed by atoms with Crippen molar-refractivity contribution in [3.63, 3.8) is 0 Å². The standard InChI is InChI=1S/C15H16N8O2/c24-14-11(22-3-2-18-20-22)6-19-23(14)13-5-12(16-10-17-13)21-7-15(8-21)1-4-25-9-15/h2-3,5-6,10,19H,1,4,7-9H2. The van der Waals surface area contributed by atoms with Gasteiger partial charge >= 0.3 is 0 Å². The molecule has 0 amide bonds. The highest BCUT2D eigenvalue weighted by Gasteiger charge is 2.46. The Bertz CT molecular complexity index is 946. The molecule has 3 aromatic heterocycles. The lowest BCUT2D eigenvalue weighted by atomic mass is 9.79. The summed E-state index contributed by atoms with van der Waals surface area (Å²) in [5.74, 6) is 1.30. The lowest BCUT2D eigenvalue weighted by molar-refractivity contribution is 0.131. The van der Waals surface area contributed by atoms with Crippen LogP contribution in [-0.4, -0.2) is 61.0 Å². The van der Waals surface area contributed by atoms with Gasteiger partial charge in [0, 0.05) is 31.2 Å². The number of nitrogens with zero attached hydrogens (tertiary/aromatic N) is 7. The van der Waals surface area contributed by atoms with Crippen molar-refractivity contribution in [3.05, 3.63) is 41.3 Å². The zero-order chi connectivity index (χ0) is 16.9. The molecule has 10 heteroatoms. The van der Waals surface area contributed by atoms with Crippen molar-refractivity contribution in [2.45, 2.75) is 6.42 Å². The molecule has 128 valence electrons. The van der Waals surface area contributed by atoms with E-state index in [1.165, 1.54) is 21.9 Å². The molecule has 10 nitrogen and oxygen atoms in total. The molecule has 2 aliphatic rings. The predicted molar refractivity (Wildman–Crippen MR) is 87.0 cm³/mol. The summed E-state index contributed by atoms with van der Waals surface area (Å²) in [5.41, 5.74) is 0.400. The minimum Gasteiger partial charge on any atom is -0.381 e. The van der Waals surface area contributed by atoms with E-state index < -0.39 is 0 Å². The number of rotatable bonds is 3. The first-order valence-corrected chi connectivity index (χ1v) is 8.06. The molecule has 3 aromatic rings. The molecule has 25 heavy (non-hydrogen) atoms. The maximum atomic E-state index is 12.6. The average Bonchev–Trinajstić information content (AvgIpc) is 3.34. The molecule has 5 heterocycles. The van der Waals surface area contributed by atoms with Gasteiger partial charge in [-0.2, -0.15) is 4.68 Å². The molecule has 0 atom stereocenters. The van der Waals surface area contributed by atoms with Crippen LogP contribution in [0.5, 0.6) is 0 Å². The van der Waals surface area contributed by atoms with Crippen LogP contribution in [0.3, 0.4) is 0 Å². The van der Waals surface area contributed by atoms with Crippen molar-refractivity contribution in [2.75, 3.05) is 31.2 Å². The van der Waals surface area contributed by atoms with Gasteiger partial charge in [-0.25, -0.2) is 14.6 Å². The minimum absolute atomic E-state index is 0.251. The van der Waals surface area contributed by atoms with Crippen LogP contribution in [0, 0.1) is 5.41 Å². The molecule has 0 saturated carbocycles. The first-order valence-electron chi connectivity index (χ1n) is 8.06. The Morgan fingerprint density at radius 2 is 2.12 bits per heavy atom. The van der Waals surface area contributed by atoms with E-state index in [9.17, 15) is 4.79 Å². The molecule has 2 aliphatic heterocycles. The van der Waals surface area contributed by atoms with Crippen molar-refractivity contribution in [1.29, 1.82) is 0 Å². The van der Waals surface area contributed by atoms with E-state index in [0.29, 0.717) is 11.5 Å². The summed E-state index contributed by atoms with van der Waals surface area (Å²) in [5, 5.41) is 10.5. The Labute approximate surface area is 142 Å². The predicted octanol–water partition coefficient (Wildman–Crippen LogP) is -0.237. The summed E-state index contributed by atoms with van der Waals surface area (Å²) < 4.78 is 8.30.